The number of hydrogen-bond acceptors (Lipinski definition) is 4. The van der Waals surface area contributed by atoms with Crippen LogP contribution in [-0.4, -0.2) is 76.5 Å². The van der Waals surface area contributed by atoms with E-state index in [-0.39, 0.29) is 30.7 Å². The molecule has 2 atom stereocenters. The van der Waals surface area contributed by atoms with Crippen LogP contribution < -0.4 is 5.32 Å². The second-order valence-electron chi connectivity index (χ2n) is 8.10. The molecule has 8 heteroatoms. The number of fused-ring (bicyclic) bond motifs is 1. The third kappa shape index (κ3) is 3.37. The molecule has 0 spiro atoms. The van der Waals surface area contributed by atoms with Crippen molar-refractivity contribution in [3.63, 3.8) is 0 Å². The van der Waals surface area contributed by atoms with Gasteiger partial charge in [0, 0.05) is 45.3 Å². The minimum Gasteiger partial charge on any atom is -0.366 e. The molecule has 3 aliphatic rings. The van der Waals surface area contributed by atoms with Gasteiger partial charge >= 0.3 is 6.03 Å². The molecule has 0 bridgehead atoms. The van der Waals surface area contributed by atoms with Crippen LogP contribution in [-0.2, 0) is 16.6 Å². The molecule has 0 radical (unpaired) electrons. The molecule has 0 aliphatic carbocycles. The number of carbonyl (C=O) groups excluding carboxylic acids is 2. The van der Waals surface area contributed by atoms with E-state index < -0.39 is 0 Å². The Labute approximate surface area is 169 Å². The molecule has 3 amide bonds. The number of aryl methyl sites for hydroxylation is 1. The third-order valence-electron chi connectivity index (χ3n) is 6.25. The maximum Gasteiger partial charge on any atom is 0.320 e. The number of hydrogen-bond donors (Lipinski definition) is 1. The summed E-state index contributed by atoms with van der Waals surface area (Å²) in [7, 11) is 1.94. The van der Waals surface area contributed by atoms with E-state index in [2.05, 4.69) is 34.7 Å². The summed E-state index contributed by atoms with van der Waals surface area (Å²) in [6.07, 6.45) is 2.59. The molecule has 1 aromatic carbocycles. The molecule has 1 unspecified atom stereocenters. The number of aromatic nitrogens is 2. The van der Waals surface area contributed by atoms with E-state index in [1.54, 1.807) is 6.20 Å². The number of amides is 3. The van der Waals surface area contributed by atoms with Crippen molar-refractivity contribution in [1.29, 1.82) is 0 Å². The summed E-state index contributed by atoms with van der Waals surface area (Å²) in [6, 6.07) is 10.5. The van der Waals surface area contributed by atoms with Crippen molar-refractivity contribution in [2.75, 3.05) is 32.8 Å². The van der Waals surface area contributed by atoms with Gasteiger partial charge in [0.15, 0.2) is 0 Å². The van der Waals surface area contributed by atoms with Gasteiger partial charge in [0.1, 0.15) is 6.61 Å². The van der Waals surface area contributed by atoms with Crippen LogP contribution in [0.15, 0.2) is 36.5 Å². The monoisotopic (exact) mass is 395 g/mol. The van der Waals surface area contributed by atoms with E-state index in [0.29, 0.717) is 19.0 Å². The fourth-order valence-corrected chi connectivity index (χ4v) is 4.50. The molecule has 1 aromatic heterocycles. The molecule has 4 heterocycles. The third-order valence-corrected chi connectivity index (χ3v) is 6.25. The van der Waals surface area contributed by atoms with Gasteiger partial charge in [-0.3, -0.25) is 9.48 Å². The van der Waals surface area contributed by atoms with Crippen LogP contribution in [0.2, 0.25) is 0 Å². The summed E-state index contributed by atoms with van der Waals surface area (Å²) >= 11 is 0. The number of benzene rings is 1. The zero-order chi connectivity index (χ0) is 20.0. The van der Waals surface area contributed by atoms with Gasteiger partial charge in [-0.25, -0.2) is 4.79 Å². The number of piperidine rings is 1. The normalized spacial score (nSPS) is 24.7. The molecule has 1 N–H and O–H groups in total. The first-order valence-electron chi connectivity index (χ1n) is 10.1. The molecule has 5 rings (SSSR count). The zero-order valence-electron chi connectivity index (χ0n) is 16.5. The summed E-state index contributed by atoms with van der Waals surface area (Å²) in [4.78, 5) is 28.1. The number of morpholine rings is 1. The number of rotatable bonds is 2. The molecule has 3 saturated heterocycles. The molecule has 3 aliphatic heterocycles. The first kappa shape index (κ1) is 18.2. The predicted octanol–water partition coefficient (Wildman–Crippen LogP) is 1.20. The van der Waals surface area contributed by atoms with Gasteiger partial charge in [0.25, 0.3) is 0 Å². The fourth-order valence-electron chi connectivity index (χ4n) is 4.50. The molecule has 29 heavy (non-hydrogen) atoms. The lowest BCUT2D eigenvalue weighted by molar-refractivity contribution is -0.139. The standard InChI is InChI=1S/C21H25N5O3/c1-24-18(6-8-22-24)15-4-2-14(3-5-15)16-10-26(11-16)21(28)25-9-7-19-17(12-25)23-20(27)13-29-19/h2-6,8,16-17,19H,7,9-13H2,1H3,(H,23,27)/t17?,19-/m0/s1. The average molecular weight is 395 g/mol. The van der Waals surface area contributed by atoms with Crippen LogP contribution >= 0.6 is 0 Å². The number of likely N-dealkylation sites (tertiary alicyclic amines) is 2. The minimum absolute atomic E-state index is 0.0267. The molecule has 2 aromatic rings. The summed E-state index contributed by atoms with van der Waals surface area (Å²) in [5, 5.41) is 7.17. The Morgan fingerprint density at radius 2 is 1.93 bits per heavy atom. The largest absolute Gasteiger partial charge is 0.366 e. The van der Waals surface area contributed by atoms with Gasteiger partial charge in [0.2, 0.25) is 5.91 Å². The number of carbonyl (C=O) groups is 2. The molecular formula is C21H25N5O3. The minimum atomic E-state index is -0.0980. The molecular weight excluding hydrogens is 370 g/mol. The Morgan fingerprint density at radius 1 is 1.14 bits per heavy atom. The quantitative estimate of drug-likeness (QED) is 0.829. The maximum atomic E-state index is 12.8. The van der Waals surface area contributed by atoms with E-state index in [9.17, 15) is 9.59 Å². The van der Waals surface area contributed by atoms with Crippen molar-refractivity contribution in [2.45, 2.75) is 24.5 Å². The first-order valence-corrected chi connectivity index (χ1v) is 10.1. The average Bonchev–Trinajstić information content (AvgIpc) is 3.12. The van der Waals surface area contributed by atoms with Gasteiger partial charge in [-0.05, 0) is 23.6 Å². The van der Waals surface area contributed by atoms with Crippen LogP contribution in [0.25, 0.3) is 11.3 Å². The van der Waals surface area contributed by atoms with E-state index >= 15 is 0 Å². The highest BCUT2D eigenvalue weighted by molar-refractivity contribution is 5.79. The van der Waals surface area contributed by atoms with Gasteiger partial charge in [-0.2, -0.15) is 5.10 Å². The van der Waals surface area contributed by atoms with Crippen molar-refractivity contribution in [1.82, 2.24) is 24.9 Å². The van der Waals surface area contributed by atoms with Gasteiger partial charge in [-0.15, -0.1) is 0 Å². The summed E-state index contributed by atoms with van der Waals surface area (Å²) in [5.41, 5.74) is 3.48. The number of nitrogens with zero attached hydrogens (tertiary/aromatic N) is 4. The highest BCUT2D eigenvalue weighted by atomic mass is 16.5. The van der Waals surface area contributed by atoms with Crippen molar-refractivity contribution < 1.29 is 14.3 Å². The highest BCUT2D eigenvalue weighted by Crippen LogP contribution is 2.30. The van der Waals surface area contributed by atoms with Crippen molar-refractivity contribution in [2.24, 2.45) is 7.05 Å². The van der Waals surface area contributed by atoms with E-state index in [0.717, 1.165) is 30.8 Å². The van der Waals surface area contributed by atoms with E-state index in [1.165, 1.54) is 5.56 Å². The van der Waals surface area contributed by atoms with E-state index in [1.807, 2.05) is 27.6 Å². The first-order chi connectivity index (χ1) is 14.1. The van der Waals surface area contributed by atoms with Crippen molar-refractivity contribution >= 4 is 11.9 Å². The Balaban J connectivity index is 1.17. The zero-order valence-corrected chi connectivity index (χ0v) is 16.5. The lowest BCUT2D eigenvalue weighted by Crippen LogP contribution is -2.63. The highest BCUT2D eigenvalue weighted by Gasteiger charge is 2.40. The van der Waals surface area contributed by atoms with Crippen LogP contribution in [0.5, 0.6) is 0 Å². The number of urea groups is 1. The van der Waals surface area contributed by atoms with Crippen molar-refractivity contribution in [3.05, 3.63) is 42.1 Å². The SMILES string of the molecule is Cn1nccc1-c1ccc(C2CN(C(=O)N3CC[C@@H]4OCC(=O)NC4C3)C2)cc1. The smallest absolute Gasteiger partial charge is 0.320 e. The van der Waals surface area contributed by atoms with Crippen LogP contribution in [0, 0.1) is 0 Å². The van der Waals surface area contributed by atoms with Crippen LogP contribution in [0.1, 0.15) is 17.9 Å². The number of ether oxygens (including phenoxy) is 1. The topological polar surface area (TPSA) is 79.7 Å². The lowest BCUT2D eigenvalue weighted by Gasteiger charge is -2.46. The van der Waals surface area contributed by atoms with Gasteiger partial charge < -0.3 is 19.9 Å². The maximum absolute atomic E-state index is 12.8. The van der Waals surface area contributed by atoms with Gasteiger partial charge in [0.05, 0.1) is 17.8 Å². The fraction of sp³-hybridized carbons (Fsp3) is 0.476. The molecule has 152 valence electrons. The second-order valence-corrected chi connectivity index (χ2v) is 8.10. The molecule has 8 nitrogen and oxygen atoms in total. The predicted molar refractivity (Wildman–Crippen MR) is 106 cm³/mol. The molecule has 3 fully saturated rings. The number of nitrogens with one attached hydrogen (secondary N) is 1. The van der Waals surface area contributed by atoms with Crippen LogP contribution in [0.4, 0.5) is 4.79 Å². The van der Waals surface area contributed by atoms with Crippen LogP contribution in [0.3, 0.4) is 0 Å². The molecule has 0 saturated carbocycles. The summed E-state index contributed by atoms with van der Waals surface area (Å²) in [5.74, 6) is 0.272. The Hall–Kier alpha value is -2.87. The Morgan fingerprint density at radius 3 is 2.66 bits per heavy atom. The van der Waals surface area contributed by atoms with Gasteiger partial charge in [-0.1, -0.05) is 24.3 Å². The Kier molecular flexibility index (Phi) is 4.50. The van der Waals surface area contributed by atoms with Crippen molar-refractivity contribution in [3.8, 4) is 11.3 Å². The second kappa shape index (κ2) is 7.18. The summed E-state index contributed by atoms with van der Waals surface area (Å²) in [6.45, 7) is 2.79. The Bertz CT molecular complexity index is 919. The lowest BCUT2D eigenvalue weighted by atomic mass is 9.90. The summed E-state index contributed by atoms with van der Waals surface area (Å²) < 4.78 is 7.44. The van der Waals surface area contributed by atoms with E-state index in [4.69, 9.17) is 4.74 Å².